The Kier molecular flexibility index (Phi) is 2.02. The lowest BCUT2D eigenvalue weighted by Crippen LogP contribution is -1.85. The van der Waals surface area contributed by atoms with E-state index in [-0.39, 0.29) is 0 Å². The lowest BCUT2D eigenvalue weighted by molar-refractivity contribution is -0.131. The van der Waals surface area contributed by atoms with Crippen molar-refractivity contribution in [2.75, 3.05) is 0 Å². The summed E-state index contributed by atoms with van der Waals surface area (Å²) in [5.41, 5.74) is 2.61. The molecule has 0 spiro atoms. The van der Waals surface area contributed by atoms with Crippen LogP contribution in [0.4, 0.5) is 0 Å². The number of aromatic amines is 1. The maximum atomic E-state index is 10.3. The highest BCUT2D eigenvalue weighted by molar-refractivity contribution is 5.86. The molecule has 4 nitrogen and oxygen atoms in total. The van der Waals surface area contributed by atoms with E-state index in [1.807, 2.05) is 18.2 Å². The first kappa shape index (κ1) is 8.50. The van der Waals surface area contributed by atoms with Gasteiger partial charge < -0.3 is 10.1 Å². The number of rotatable bonds is 2. The first-order valence-corrected chi connectivity index (χ1v) is 4.10. The van der Waals surface area contributed by atoms with Gasteiger partial charge in [-0.15, -0.1) is 0 Å². The van der Waals surface area contributed by atoms with E-state index in [2.05, 4.69) is 9.97 Å². The predicted molar refractivity (Wildman–Crippen MR) is 52.8 cm³/mol. The Morgan fingerprint density at radius 3 is 3.14 bits per heavy atom. The van der Waals surface area contributed by atoms with Crippen molar-refractivity contribution in [1.82, 2.24) is 9.97 Å². The van der Waals surface area contributed by atoms with Crippen LogP contribution in [0.15, 0.2) is 30.6 Å². The van der Waals surface area contributed by atoms with Crippen LogP contribution in [0, 0.1) is 0 Å². The van der Waals surface area contributed by atoms with Gasteiger partial charge in [0.2, 0.25) is 0 Å². The zero-order chi connectivity index (χ0) is 9.97. The zero-order valence-electron chi connectivity index (χ0n) is 7.27. The Morgan fingerprint density at radius 1 is 1.50 bits per heavy atom. The summed E-state index contributed by atoms with van der Waals surface area (Å²) in [7, 11) is 0. The Balaban J connectivity index is 2.39. The third-order valence-corrected chi connectivity index (χ3v) is 1.86. The standard InChI is InChI=1S/C10H8N2O2/c13-10(14)4-2-7-1-3-8-9(5-7)12-6-11-8/h1-6H,(H,11,12)(H,13,14). The second-order valence-electron chi connectivity index (χ2n) is 2.85. The maximum absolute atomic E-state index is 10.3. The molecular formula is C10H8N2O2. The molecule has 2 N–H and O–H groups in total. The van der Waals surface area contributed by atoms with Gasteiger partial charge in [-0.05, 0) is 23.8 Å². The lowest BCUT2D eigenvalue weighted by atomic mass is 10.2. The SMILES string of the molecule is O=C(O)C=Cc1ccc2nc[nH]c2c1. The lowest BCUT2D eigenvalue weighted by Gasteiger charge is -1.92. The number of fused-ring (bicyclic) bond motifs is 1. The number of aliphatic carboxylic acids is 1. The van der Waals surface area contributed by atoms with Crippen LogP contribution in [-0.4, -0.2) is 21.0 Å². The van der Waals surface area contributed by atoms with Gasteiger partial charge in [0.25, 0.3) is 0 Å². The molecular weight excluding hydrogens is 180 g/mol. The van der Waals surface area contributed by atoms with Crippen molar-refractivity contribution >= 4 is 23.1 Å². The molecule has 0 aliphatic rings. The summed E-state index contributed by atoms with van der Waals surface area (Å²) in [4.78, 5) is 17.3. The summed E-state index contributed by atoms with van der Waals surface area (Å²) >= 11 is 0. The first-order valence-electron chi connectivity index (χ1n) is 4.10. The van der Waals surface area contributed by atoms with Crippen LogP contribution in [0.25, 0.3) is 17.1 Å². The van der Waals surface area contributed by atoms with Gasteiger partial charge in [-0.3, -0.25) is 0 Å². The van der Waals surface area contributed by atoms with Crippen molar-refractivity contribution in [2.24, 2.45) is 0 Å². The van der Waals surface area contributed by atoms with Crippen molar-refractivity contribution < 1.29 is 9.90 Å². The van der Waals surface area contributed by atoms with E-state index in [1.54, 1.807) is 12.4 Å². The fourth-order valence-corrected chi connectivity index (χ4v) is 1.22. The van der Waals surface area contributed by atoms with E-state index in [0.29, 0.717) is 0 Å². The zero-order valence-corrected chi connectivity index (χ0v) is 7.27. The summed E-state index contributed by atoms with van der Waals surface area (Å²) in [6, 6.07) is 5.51. The Bertz CT molecular complexity index is 500. The summed E-state index contributed by atoms with van der Waals surface area (Å²) in [6.45, 7) is 0. The molecule has 0 fully saturated rings. The number of H-pyrrole nitrogens is 1. The van der Waals surface area contributed by atoms with Crippen molar-refractivity contribution in [3.63, 3.8) is 0 Å². The fraction of sp³-hybridized carbons (Fsp3) is 0. The maximum Gasteiger partial charge on any atom is 0.328 e. The van der Waals surface area contributed by atoms with Crippen LogP contribution in [0.5, 0.6) is 0 Å². The number of imidazole rings is 1. The number of nitrogens with one attached hydrogen (secondary N) is 1. The molecule has 2 aromatic rings. The summed E-state index contributed by atoms with van der Waals surface area (Å²) in [5.74, 6) is -0.949. The highest BCUT2D eigenvalue weighted by Gasteiger charge is 1.95. The van der Waals surface area contributed by atoms with E-state index in [1.165, 1.54) is 0 Å². The van der Waals surface area contributed by atoms with Crippen LogP contribution in [0.3, 0.4) is 0 Å². The van der Waals surface area contributed by atoms with Gasteiger partial charge in [-0.1, -0.05) is 6.07 Å². The molecule has 0 saturated heterocycles. The van der Waals surface area contributed by atoms with Crippen molar-refractivity contribution in [2.45, 2.75) is 0 Å². The van der Waals surface area contributed by atoms with Gasteiger partial charge >= 0.3 is 5.97 Å². The molecule has 0 unspecified atom stereocenters. The first-order chi connectivity index (χ1) is 6.75. The average molecular weight is 188 g/mol. The largest absolute Gasteiger partial charge is 0.478 e. The van der Waals surface area contributed by atoms with E-state index in [9.17, 15) is 4.79 Å². The van der Waals surface area contributed by atoms with Gasteiger partial charge in [0.05, 0.1) is 17.4 Å². The second kappa shape index (κ2) is 3.33. The highest BCUT2D eigenvalue weighted by atomic mass is 16.4. The molecule has 0 amide bonds. The monoisotopic (exact) mass is 188 g/mol. The van der Waals surface area contributed by atoms with E-state index >= 15 is 0 Å². The second-order valence-corrected chi connectivity index (χ2v) is 2.85. The Hall–Kier alpha value is -2.10. The fourth-order valence-electron chi connectivity index (χ4n) is 1.22. The molecule has 0 bridgehead atoms. The molecule has 0 saturated carbocycles. The molecule has 2 rings (SSSR count). The number of hydrogen-bond acceptors (Lipinski definition) is 2. The smallest absolute Gasteiger partial charge is 0.328 e. The number of carboxylic acids is 1. The topological polar surface area (TPSA) is 66.0 Å². The van der Waals surface area contributed by atoms with Crippen LogP contribution in [0.1, 0.15) is 5.56 Å². The molecule has 0 aliphatic carbocycles. The van der Waals surface area contributed by atoms with Crippen LogP contribution in [0.2, 0.25) is 0 Å². The molecule has 1 aromatic heterocycles. The third kappa shape index (κ3) is 1.64. The van der Waals surface area contributed by atoms with Crippen LogP contribution in [-0.2, 0) is 4.79 Å². The number of benzene rings is 1. The Morgan fingerprint density at radius 2 is 2.36 bits per heavy atom. The third-order valence-electron chi connectivity index (χ3n) is 1.86. The predicted octanol–water partition coefficient (Wildman–Crippen LogP) is 1.66. The van der Waals surface area contributed by atoms with Crippen molar-refractivity contribution in [3.8, 4) is 0 Å². The van der Waals surface area contributed by atoms with Crippen LogP contribution < -0.4 is 0 Å². The molecule has 70 valence electrons. The molecule has 0 aliphatic heterocycles. The molecule has 0 radical (unpaired) electrons. The van der Waals surface area contributed by atoms with Crippen molar-refractivity contribution in [3.05, 3.63) is 36.2 Å². The molecule has 4 heteroatoms. The summed E-state index contributed by atoms with van der Waals surface area (Å²) < 4.78 is 0. The average Bonchev–Trinajstić information content (AvgIpc) is 2.61. The van der Waals surface area contributed by atoms with Crippen LogP contribution >= 0.6 is 0 Å². The number of aromatic nitrogens is 2. The Labute approximate surface area is 79.9 Å². The van der Waals surface area contributed by atoms with E-state index < -0.39 is 5.97 Å². The molecule has 1 aromatic carbocycles. The summed E-state index contributed by atoms with van der Waals surface area (Å²) in [6.07, 6.45) is 4.26. The normalized spacial score (nSPS) is 11.1. The minimum Gasteiger partial charge on any atom is -0.478 e. The molecule has 1 heterocycles. The summed E-state index contributed by atoms with van der Waals surface area (Å²) in [5, 5.41) is 8.44. The van der Waals surface area contributed by atoms with Gasteiger partial charge in [0.15, 0.2) is 0 Å². The minimum absolute atomic E-state index is 0.837. The number of hydrogen-bond donors (Lipinski definition) is 2. The van der Waals surface area contributed by atoms with Crippen molar-refractivity contribution in [1.29, 1.82) is 0 Å². The highest BCUT2D eigenvalue weighted by Crippen LogP contribution is 2.12. The van der Waals surface area contributed by atoms with Gasteiger partial charge in [0.1, 0.15) is 0 Å². The molecule has 0 atom stereocenters. The van der Waals surface area contributed by atoms with Gasteiger partial charge in [-0.2, -0.15) is 0 Å². The van der Waals surface area contributed by atoms with E-state index in [0.717, 1.165) is 22.7 Å². The van der Waals surface area contributed by atoms with E-state index in [4.69, 9.17) is 5.11 Å². The number of carbonyl (C=O) groups is 1. The quantitative estimate of drug-likeness (QED) is 0.704. The van der Waals surface area contributed by atoms with Gasteiger partial charge in [0, 0.05) is 6.08 Å². The van der Waals surface area contributed by atoms with Gasteiger partial charge in [-0.25, -0.2) is 9.78 Å². The number of nitrogens with zero attached hydrogens (tertiary/aromatic N) is 1. The number of carboxylic acid groups (broad SMARTS) is 1. The molecule has 14 heavy (non-hydrogen) atoms. The minimum atomic E-state index is -0.949.